The van der Waals surface area contributed by atoms with Gasteiger partial charge in [0.05, 0.1) is 15.5 Å². The third-order valence-electron chi connectivity index (χ3n) is 4.29. The van der Waals surface area contributed by atoms with Crippen molar-refractivity contribution in [3.63, 3.8) is 0 Å². The van der Waals surface area contributed by atoms with E-state index in [9.17, 15) is 14.9 Å². The molecule has 0 atom stereocenters. The van der Waals surface area contributed by atoms with Gasteiger partial charge in [0.25, 0.3) is 5.69 Å². The molecule has 0 N–H and O–H groups in total. The summed E-state index contributed by atoms with van der Waals surface area (Å²) in [7, 11) is 0. The molecule has 0 saturated carbocycles. The quantitative estimate of drug-likeness (QED) is 0.400. The summed E-state index contributed by atoms with van der Waals surface area (Å²) in [6.07, 6.45) is 0. The van der Waals surface area contributed by atoms with Crippen LogP contribution in [0.4, 0.5) is 5.69 Å². The van der Waals surface area contributed by atoms with E-state index in [-0.39, 0.29) is 28.3 Å². The third-order valence-corrected chi connectivity index (χ3v) is 4.62. The van der Waals surface area contributed by atoms with Crippen LogP contribution in [0.15, 0.2) is 30.3 Å². The van der Waals surface area contributed by atoms with Crippen molar-refractivity contribution in [3.8, 4) is 0 Å². The van der Waals surface area contributed by atoms with Gasteiger partial charge in [0, 0.05) is 12.1 Å². The number of non-ortho nitro benzene ring substituents is 1. The molecule has 0 aliphatic rings. The first-order chi connectivity index (χ1) is 12.0. The highest BCUT2D eigenvalue weighted by atomic mass is 35.5. The summed E-state index contributed by atoms with van der Waals surface area (Å²) < 4.78 is 5.37. The molecule has 0 bridgehead atoms. The zero-order chi connectivity index (χ0) is 19.6. The number of hydrogen-bond donors (Lipinski definition) is 0. The molecular formula is C20H22ClNO4. The van der Waals surface area contributed by atoms with Crippen molar-refractivity contribution in [2.24, 2.45) is 0 Å². The molecule has 0 fully saturated rings. The molecule has 0 saturated heterocycles. The lowest BCUT2D eigenvalue weighted by atomic mass is 9.84. The van der Waals surface area contributed by atoms with Crippen LogP contribution in [0.25, 0.3) is 0 Å². The molecule has 0 heterocycles. The van der Waals surface area contributed by atoms with E-state index < -0.39 is 10.9 Å². The first-order valence-electron chi connectivity index (χ1n) is 8.22. The molecule has 138 valence electrons. The van der Waals surface area contributed by atoms with Crippen LogP contribution in [0, 0.1) is 24.0 Å². The van der Waals surface area contributed by atoms with Crippen LogP contribution >= 0.6 is 11.6 Å². The number of esters is 1. The van der Waals surface area contributed by atoms with Gasteiger partial charge in [-0.05, 0) is 47.6 Å². The van der Waals surface area contributed by atoms with Crippen molar-refractivity contribution in [3.05, 3.63) is 73.3 Å². The number of hydrogen-bond acceptors (Lipinski definition) is 4. The maximum absolute atomic E-state index is 12.3. The Hall–Kier alpha value is -2.40. The lowest BCUT2D eigenvalue weighted by molar-refractivity contribution is -0.384. The molecule has 0 aliphatic heterocycles. The fraction of sp³-hybridized carbons (Fsp3) is 0.350. The average Bonchev–Trinajstić information content (AvgIpc) is 2.52. The van der Waals surface area contributed by atoms with Gasteiger partial charge in [-0.25, -0.2) is 4.79 Å². The number of rotatable bonds is 4. The van der Waals surface area contributed by atoms with E-state index in [1.807, 2.05) is 13.8 Å². The van der Waals surface area contributed by atoms with Crippen molar-refractivity contribution in [2.45, 2.75) is 46.6 Å². The number of aryl methyl sites for hydroxylation is 2. The summed E-state index contributed by atoms with van der Waals surface area (Å²) in [5.41, 5.74) is 4.02. The highest BCUT2D eigenvalue weighted by Gasteiger charge is 2.19. The Kier molecular flexibility index (Phi) is 5.71. The Balaban J connectivity index is 2.23. The minimum atomic E-state index is -0.683. The van der Waals surface area contributed by atoms with Gasteiger partial charge in [0.2, 0.25) is 0 Å². The predicted octanol–water partition coefficient (Wildman–Crippen LogP) is 5.52. The summed E-state index contributed by atoms with van der Waals surface area (Å²) in [6.45, 7) is 10.5. The number of carbonyl (C=O) groups is 1. The smallest absolute Gasteiger partial charge is 0.340 e. The van der Waals surface area contributed by atoms with Crippen LogP contribution in [-0.2, 0) is 16.8 Å². The zero-order valence-electron chi connectivity index (χ0n) is 15.6. The molecule has 0 unspecified atom stereocenters. The summed E-state index contributed by atoms with van der Waals surface area (Å²) in [5.74, 6) is -0.683. The number of halogens is 1. The SMILES string of the molecule is Cc1cc(C(C)(C)C)cc(C)c1COC(=O)c1cc([N+](=O)[O-])ccc1Cl. The van der Waals surface area contributed by atoms with Crippen LogP contribution in [0.1, 0.15) is 53.4 Å². The molecule has 5 nitrogen and oxygen atoms in total. The number of carbonyl (C=O) groups excluding carboxylic acids is 1. The van der Waals surface area contributed by atoms with Gasteiger partial charge in [0.15, 0.2) is 0 Å². The molecular weight excluding hydrogens is 354 g/mol. The number of benzene rings is 2. The topological polar surface area (TPSA) is 69.4 Å². The highest BCUT2D eigenvalue weighted by Crippen LogP contribution is 2.28. The predicted molar refractivity (Wildman–Crippen MR) is 102 cm³/mol. The Morgan fingerprint density at radius 2 is 1.73 bits per heavy atom. The first kappa shape index (κ1) is 19.9. The molecule has 0 amide bonds. The Morgan fingerprint density at radius 1 is 1.15 bits per heavy atom. The van der Waals surface area contributed by atoms with E-state index in [0.29, 0.717) is 0 Å². The second-order valence-corrected chi connectivity index (χ2v) is 7.74. The Labute approximate surface area is 158 Å². The zero-order valence-corrected chi connectivity index (χ0v) is 16.3. The van der Waals surface area contributed by atoms with Gasteiger partial charge in [-0.3, -0.25) is 10.1 Å². The summed E-state index contributed by atoms with van der Waals surface area (Å²) in [5, 5.41) is 11.0. The molecule has 0 aromatic heterocycles. The highest BCUT2D eigenvalue weighted by molar-refractivity contribution is 6.33. The second-order valence-electron chi connectivity index (χ2n) is 7.34. The fourth-order valence-corrected chi connectivity index (χ4v) is 2.85. The minimum absolute atomic E-state index is 0.0116. The lowest BCUT2D eigenvalue weighted by Crippen LogP contribution is -2.13. The number of nitro groups is 1. The molecule has 6 heteroatoms. The van der Waals surface area contributed by atoms with E-state index in [1.54, 1.807) is 0 Å². The van der Waals surface area contributed by atoms with E-state index in [1.165, 1.54) is 17.7 Å². The molecule has 0 radical (unpaired) electrons. The Morgan fingerprint density at radius 3 is 2.23 bits per heavy atom. The van der Waals surface area contributed by atoms with Crippen LogP contribution in [0.2, 0.25) is 5.02 Å². The number of nitrogens with zero attached hydrogens (tertiary/aromatic N) is 1. The Bertz CT molecular complexity index is 846. The maximum Gasteiger partial charge on any atom is 0.340 e. The third kappa shape index (κ3) is 4.41. The number of ether oxygens (including phenoxy) is 1. The van der Waals surface area contributed by atoms with Crippen LogP contribution in [0.3, 0.4) is 0 Å². The summed E-state index contributed by atoms with van der Waals surface area (Å²) in [6, 6.07) is 7.89. The van der Waals surface area contributed by atoms with Crippen LogP contribution in [0.5, 0.6) is 0 Å². The average molecular weight is 376 g/mol. The normalized spacial score (nSPS) is 11.3. The van der Waals surface area contributed by atoms with Gasteiger partial charge in [-0.2, -0.15) is 0 Å². The number of nitro benzene ring substituents is 1. The molecule has 0 aliphatic carbocycles. The molecule has 0 spiro atoms. The van der Waals surface area contributed by atoms with E-state index in [4.69, 9.17) is 16.3 Å². The van der Waals surface area contributed by atoms with Gasteiger partial charge in [-0.15, -0.1) is 0 Å². The van der Waals surface area contributed by atoms with Gasteiger partial charge < -0.3 is 4.74 Å². The lowest BCUT2D eigenvalue weighted by Gasteiger charge is -2.22. The van der Waals surface area contributed by atoms with Crippen LogP contribution in [-0.4, -0.2) is 10.9 Å². The standard InChI is InChI=1S/C20H22ClNO4/c1-12-8-14(20(3,4)5)9-13(2)17(12)11-26-19(23)16-10-15(22(24)25)6-7-18(16)21/h6-10H,11H2,1-5H3. The van der Waals surface area contributed by atoms with Crippen molar-refractivity contribution in [2.75, 3.05) is 0 Å². The van der Waals surface area contributed by atoms with Crippen molar-refractivity contribution < 1.29 is 14.5 Å². The van der Waals surface area contributed by atoms with E-state index in [0.717, 1.165) is 22.8 Å². The van der Waals surface area contributed by atoms with Crippen molar-refractivity contribution >= 4 is 23.3 Å². The van der Waals surface area contributed by atoms with Crippen molar-refractivity contribution in [1.29, 1.82) is 0 Å². The van der Waals surface area contributed by atoms with Gasteiger partial charge in [-0.1, -0.05) is 44.5 Å². The second kappa shape index (κ2) is 7.46. The minimum Gasteiger partial charge on any atom is -0.457 e. The molecule has 2 rings (SSSR count). The largest absolute Gasteiger partial charge is 0.457 e. The first-order valence-corrected chi connectivity index (χ1v) is 8.60. The van der Waals surface area contributed by atoms with Crippen LogP contribution < -0.4 is 0 Å². The summed E-state index contributed by atoms with van der Waals surface area (Å²) >= 11 is 5.99. The van der Waals surface area contributed by atoms with Gasteiger partial charge >= 0.3 is 5.97 Å². The molecule has 2 aromatic rings. The maximum atomic E-state index is 12.3. The van der Waals surface area contributed by atoms with E-state index in [2.05, 4.69) is 32.9 Å². The summed E-state index contributed by atoms with van der Waals surface area (Å²) in [4.78, 5) is 22.6. The van der Waals surface area contributed by atoms with Crippen molar-refractivity contribution in [1.82, 2.24) is 0 Å². The molecule has 26 heavy (non-hydrogen) atoms. The fourth-order valence-electron chi connectivity index (χ4n) is 2.65. The van der Waals surface area contributed by atoms with E-state index >= 15 is 0 Å². The molecule has 2 aromatic carbocycles. The monoisotopic (exact) mass is 375 g/mol. The van der Waals surface area contributed by atoms with Gasteiger partial charge in [0.1, 0.15) is 6.61 Å².